The first-order valence-electron chi connectivity index (χ1n) is 14.2. The molecule has 41 heavy (non-hydrogen) atoms. The third-order valence-corrected chi connectivity index (χ3v) is 9.35. The third kappa shape index (κ3) is 5.41. The van der Waals surface area contributed by atoms with E-state index in [0.29, 0.717) is 5.56 Å². The highest BCUT2D eigenvalue weighted by atomic mass is 32.1. The summed E-state index contributed by atoms with van der Waals surface area (Å²) in [7, 11) is 0. The zero-order valence-electron chi connectivity index (χ0n) is 25.1. The molecule has 2 aromatic heterocycles. The van der Waals surface area contributed by atoms with Crippen molar-refractivity contribution < 1.29 is 13.2 Å². The van der Waals surface area contributed by atoms with Gasteiger partial charge in [0, 0.05) is 22.0 Å². The summed E-state index contributed by atoms with van der Waals surface area (Å²) in [6, 6.07) is 20.7. The van der Waals surface area contributed by atoms with Crippen LogP contribution in [0.15, 0.2) is 66.9 Å². The quantitative estimate of drug-likeness (QED) is 0.204. The van der Waals surface area contributed by atoms with E-state index >= 15 is 0 Å². The van der Waals surface area contributed by atoms with E-state index in [1.54, 1.807) is 11.3 Å². The number of hydrogen-bond donors (Lipinski definition) is 0. The maximum atomic E-state index is 13.5. The average molecular weight is 574 g/mol. The smallest absolute Gasteiger partial charge is 0.254 e. The molecule has 0 amide bonds. The summed E-state index contributed by atoms with van der Waals surface area (Å²) >= 11 is 1.74. The second kappa shape index (κ2) is 10.3. The number of alkyl halides is 3. The average Bonchev–Trinajstić information content (AvgIpc) is 3.29. The number of hydrogen-bond acceptors (Lipinski definition) is 2. The number of fused-ring (bicyclic) bond motifs is 2. The standard InChI is InChI=1S/C36H38F3NS/c1-21(2)29-30-22(3)20-40-31(26-17-25-11-9-10-12-27(25)28(18-26)34(4,5)6)33(30)41-32(29)24-15-13-23(14-16-24)19-35(7,8)36(37,38)39/h9-18,20-21H,19H2,1-8H3. The first-order chi connectivity index (χ1) is 19.1. The number of benzene rings is 3. The van der Waals surface area contributed by atoms with Crippen LogP contribution in [0.1, 0.15) is 76.6 Å². The topological polar surface area (TPSA) is 12.9 Å². The Morgan fingerprint density at radius 2 is 1.51 bits per heavy atom. The molecule has 0 aliphatic carbocycles. The van der Waals surface area contributed by atoms with Gasteiger partial charge in [-0.1, -0.05) is 97.0 Å². The van der Waals surface area contributed by atoms with E-state index in [1.165, 1.54) is 41.1 Å². The van der Waals surface area contributed by atoms with Crippen molar-refractivity contribution in [1.29, 1.82) is 0 Å². The fraction of sp³-hybridized carbons (Fsp3) is 0.361. The van der Waals surface area contributed by atoms with E-state index < -0.39 is 11.6 Å². The fourth-order valence-electron chi connectivity index (χ4n) is 5.71. The van der Waals surface area contributed by atoms with Crippen LogP contribution >= 0.6 is 11.3 Å². The molecule has 1 nitrogen and oxygen atoms in total. The maximum Gasteiger partial charge on any atom is 0.394 e. The van der Waals surface area contributed by atoms with E-state index in [0.717, 1.165) is 32.0 Å². The summed E-state index contributed by atoms with van der Waals surface area (Å²) in [6.07, 6.45) is -2.32. The Labute approximate surface area is 245 Å². The molecule has 0 spiro atoms. The van der Waals surface area contributed by atoms with Crippen molar-refractivity contribution in [3.05, 3.63) is 89.1 Å². The summed E-state index contributed by atoms with van der Waals surface area (Å²) in [5, 5.41) is 3.69. The highest BCUT2D eigenvalue weighted by molar-refractivity contribution is 7.23. The monoisotopic (exact) mass is 573 g/mol. The van der Waals surface area contributed by atoms with Gasteiger partial charge in [0.25, 0.3) is 0 Å². The molecule has 0 atom stereocenters. The Kier molecular flexibility index (Phi) is 7.34. The molecular formula is C36H38F3NS. The van der Waals surface area contributed by atoms with Gasteiger partial charge < -0.3 is 0 Å². The number of nitrogens with zero attached hydrogens (tertiary/aromatic N) is 1. The molecule has 0 radical (unpaired) electrons. The van der Waals surface area contributed by atoms with Crippen molar-refractivity contribution in [2.45, 2.75) is 79.3 Å². The summed E-state index contributed by atoms with van der Waals surface area (Å²) in [6.45, 7) is 15.8. The molecule has 214 valence electrons. The highest BCUT2D eigenvalue weighted by Gasteiger charge is 2.46. The van der Waals surface area contributed by atoms with E-state index in [9.17, 15) is 13.2 Å². The number of rotatable bonds is 5. The van der Waals surface area contributed by atoms with Gasteiger partial charge >= 0.3 is 6.18 Å². The lowest BCUT2D eigenvalue weighted by Gasteiger charge is -2.27. The molecule has 0 aliphatic heterocycles. The predicted octanol–water partition coefficient (Wildman–Crippen LogP) is 11.6. The number of aromatic nitrogens is 1. The summed E-state index contributed by atoms with van der Waals surface area (Å²) in [5.74, 6) is 0.262. The summed E-state index contributed by atoms with van der Waals surface area (Å²) in [5.41, 5.74) is 5.68. The van der Waals surface area contributed by atoms with Crippen LogP contribution in [0.5, 0.6) is 0 Å². The van der Waals surface area contributed by atoms with E-state index in [2.05, 4.69) is 77.9 Å². The van der Waals surface area contributed by atoms with Gasteiger partial charge in [0.05, 0.1) is 15.8 Å². The molecule has 0 N–H and O–H groups in total. The normalized spacial score (nSPS) is 13.1. The van der Waals surface area contributed by atoms with Gasteiger partial charge in [-0.05, 0) is 75.4 Å². The molecule has 0 aliphatic rings. The number of pyridine rings is 1. The van der Waals surface area contributed by atoms with Gasteiger partial charge in [-0.25, -0.2) is 0 Å². The van der Waals surface area contributed by atoms with Crippen LogP contribution in [0.4, 0.5) is 13.2 Å². The van der Waals surface area contributed by atoms with Crippen LogP contribution < -0.4 is 0 Å². The molecule has 3 aromatic carbocycles. The first kappa shape index (κ1) is 29.3. The van der Waals surface area contributed by atoms with Crippen molar-refractivity contribution >= 4 is 32.2 Å². The van der Waals surface area contributed by atoms with Crippen LogP contribution in [-0.2, 0) is 11.8 Å². The van der Waals surface area contributed by atoms with Gasteiger partial charge in [0.2, 0.25) is 0 Å². The van der Waals surface area contributed by atoms with Gasteiger partial charge in [0.15, 0.2) is 0 Å². The highest BCUT2D eigenvalue weighted by Crippen LogP contribution is 2.48. The molecule has 0 saturated heterocycles. The Morgan fingerprint density at radius 1 is 0.854 bits per heavy atom. The second-order valence-electron chi connectivity index (χ2n) is 13.2. The first-order valence-corrected chi connectivity index (χ1v) is 15.0. The minimum absolute atomic E-state index is 0.0362. The minimum atomic E-state index is -4.25. The SMILES string of the molecule is Cc1cnc(-c2cc(C(C)(C)C)c3ccccc3c2)c2sc(-c3ccc(CC(C)(C)C(F)(F)F)cc3)c(C(C)C)c12. The number of aryl methyl sites for hydroxylation is 1. The summed E-state index contributed by atoms with van der Waals surface area (Å²) < 4.78 is 41.7. The molecule has 0 bridgehead atoms. The maximum absolute atomic E-state index is 13.5. The minimum Gasteiger partial charge on any atom is -0.254 e. The number of thiophene rings is 1. The third-order valence-electron chi connectivity index (χ3n) is 8.09. The van der Waals surface area contributed by atoms with Gasteiger partial charge in [-0.3, -0.25) is 4.98 Å². The lowest BCUT2D eigenvalue weighted by Crippen LogP contribution is -2.34. The molecule has 0 unspecified atom stereocenters. The van der Waals surface area contributed by atoms with E-state index in [1.807, 2.05) is 30.5 Å². The van der Waals surface area contributed by atoms with E-state index in [-0.39, 0.29) is 17.8 Å². The van der Waals surface area contributed by atoms with E-state index in [4.69, 9.17) is 4.98 Å². The Morgan fingerprint density at radius 3 is 2.12 bits per heavy atom. The van der Waals surface area contributed by atoms with Crippen LogP contribution in [0, 0.1) is 12.3 Å². The van der Waals surface area contributed by atoms with Crippen LogP contribution in [0.2, 0.25) is 0 Å². The van der Waals surface area contributed by atoms with Gasteiger partial charge in [-0.15, -0.1) is 11.3 Å². The largest absolute Gasteiger partial charge is 0.394 e. The van der Waals surface area contributed by atoms with Crippen molar-refractivity contribution in [3.63, 3.8) is 0 Å². The zero-order chi connectivity index (χ0) is 29.9. The predicted molar refractivity (Wildman–Crippen MR) is 169 cm³/mol. The molecule has 0 fully saturated rings. The van der Waals surface area contributed by atoms with Gasteiger partial charge in [-0.2, -0.15) is 13.2 Å². The molecular weight excluding hydrogens is 535 g/mol. The number of halogens is 3. The lowest BCUT2D eigenvalue weighted by molar-refractivity contribution is -0.211. The second-order valence-corrected chi connectivity index (χ2v) is 14.3. The van der Waals surface area contributed by atoms with Crippen molar-refractivity contribution in [2.75, 3.05) is 0 Å². The van der Waals surface area contributed by atoms with Crippen LogP contribution in [0.3, 0.4) is 0 Å². The molecule has 5 aromatic rings. The molecule has 2 heterocycles. The fourth-order valence-corrected chi connectivity index (χ4v) is 7.26. The Hall–Kier alpha value is -3.18. The van der Waals surface area contributed by atoms with Crippen LogP contribution in [0.25, 0.3) is 42.6 Å². The van der Waals surface area contributed by atoms with Crippen LogP contribution in [-0.4, -0.2) is 11.2 Å². The van der Waals surface area contributed by atoms with Crippen molar-refractivity contribution in [1.82, 2.24) is 4.98 Å². The Bertz CT molecular complexity index is 1730. The molecule has 5 heteroatoms. The molecule has 5 rings (SSSR count). The Balaban J connectivity index is 1.69. The molecule has 0 saturated carbocycles. The summed E-state index contributed by atoms with van der Waals surface area (Å²) in [4.78, 5) is 6.15. The zero-order valence-corrected chi connectivity index (χ0v) is 25.9. The van der Waals surface area contributed by atoms with Crippen molar-refractivity contribution in [2.24, 2.45) is 5.41 Å². The van der Waals surface area contributed by atoms with Crippen molar-refractivity contribution in [3.8, 4) is 21.7 Å². The lowest BCUT2D eigenvalue weighted by atomic mass is 9.82. The van der Waals surface area contributed by atoms with Gasteiger partial charge in [0.1, 0.15) is 0 Å².